The number of benzene rings is 1. The average molecular weight is 337 g/mol. The van der Waals surface area contributed by atoms with Gasteiger partial charge in [0.05, 0.1) is 0 Å². The molecular formula is C15H17BrN2S. The monoisotopic (exact) mass is 336 g/mol. The highest BCUT2D eigenvalue weighted by molar-refractivity contribution is 9.10. The Morgan fingerprint density at radius 3 is 2.74 bits per heavy atom. The van der Waals surface area contributed by atoms with Gasteiger partial charge in [-0.3, -0.25) is 0 Å². The summed E-state index contributed by atoms with van der Waals surface area (Å²) in [5.41, 5.74) is 2.67. The number of rotatable bonds is 5. The van der Waals surface area contributed by atoms with Gasteiger partial charge in [0.15, 0.2) is 0 Å². The van der Waals surface area contributed by atoms with Gasteiger partial charge in [-0.05, 0) is 53.2 Å². The highest BCUT2D eigenvalue weighted by Gasteiger charge is 2.13. The van der Waals surface area contributed by atoms with Gasteiger partial charge in [0.25, 0.3) is 0 Å². The summed E-state index contributed by atoms with van der Waals surface area (Å²) in [4.78, 5) is 4.39. The second-order valence-corrected chi connectivity index (χ2v) is 6.16. The van der Waals surface area contributed by atoms with Gasteiger partial charge in [0.1, 0.15) is 5.03 Å². The largest absolute Gasteiger partial charge is 0.312 e. The molecule has 4 heteroatoms. The quantitative estimate of drug-likeness (QED) is 0.828. The number of nitrogens with zero attached hydrogens (tertiary/aromatic N) is 1. The molecule has 0 aliphatic heterocycles. The summed E-state index contributed by atoms with van der Waals surface area (Å²) in [6, 6.07) is 12.8. The van der Waals surface area contributed by atoms with Gasteiger partial charge in [0.2, 0.25) is 0 Å². The third-order valence-corrected chi connectivity index (χ3v) is 5.02. The van der Waals surface area contributed by atoms with Crippen LogP contribution in [0.1, 0.15) is 17.2 Å². The Kier molecular flexibility index (Phi) is 5.43. The van der Waals surface area contributed by atoms with Crippen molar-refractivity contribution in [1.82, 2.24) is 10.3 Å². The van der Waals surface area contributed by atoms with Crippen molar-refractivity contribution in [3.8, 4) is 0 Å². The molecule has 1 aromatic carbocycles. The second kappa shape index (κ2) is 7.08. The molecule has 2 nitrogen and oxygen atoms in total. The molecule has 2 aromatic rings. The van der Waals surface area contributed by atoms with Crippen LogP contribution in [0.15, 0.2) is 52.1 Å². The normalized spacial score (nSPS) is 12.4. The third-order valence-electron chi connectivity index (χ3n) is 3.02. The molecule has 19 heavy (non-hydrogen) atoms. The van der Waals surface area contributed by atoms with Crippen LogP contribution in [0, 0.1) is 6.92 Å². The fourth-order valence-electron chi connectivity index (χ4n) is 1.95. The fourth-order valence-corrected chi connectivity index (χ4v) is 3.56. The summed E-state index contributed by atoms with van der Waals surface area (Å²) < 4.78 is 1.06. The van der Waals surface area contributed by atoms with Crippen LogP contribution >= 0.6 is 27.7 Å². The van der Waals surface area contributed by atoms with Crippen LogP contribution in [0.4, 0.5) is 0 Å². The molecule has 0 aliphatic rings. The molecular weight excluding hydrogens is 320 g/mol. The van der Waals surface area contributed by atoms with Gasteiger partial charge >= 0.3 is 0 Å². The van der Waals surface area contributed by atoms with Crippen LogP contribution in [-0.4, -0.2) is 17.8 Å². The Bertz CT molecular complexity index is 545. The zero-order valence-corrected chi connectivity index (χ0v) is 13.5. The second-order valence-electron chi connectivity index (χ2n) is 4.30. The lowest BCUT2D eigenvalue weighted by Crippen LogP contribution is -2.19. The molecule has 1 unspecified atom stereocenters. The predicted octanol–water partition coefficient (Wildman–Crippen LogP) is 4.21. The third kappa shape index (κ3) is 3.81. The maximum Gasteiger partial charge on any atom is 0.110 e. The summed E-state index contributed by atoms with van der Waals surface area (Å²) in [5, 5.41) is 4.42. The van der Waals surface area contributed by atoms with E-state index in [1.165, 1.54) is 11.1 Å². The van der Waals surface area contributed by atoms with Gasteiger partial charge in [-0.15, -0.1) is 11.8 Å². The molecule has 100 valence electrons. The molecule has 1 aromatic heterocycles. The number of nitrogens with one attached hydrogen (secondary N) is 1. The van der Waals surface area contributed by atoms with Gasteiger partial charge in [-0.2, -0.15) is 0 Å². The lowest BCUT2D eigenvalue weighted by molar-refractivity contribution is 0.657. The smallest absolute Gasteiger partial charge is 0.110 e. The Morgan fingerprint density at radius 1 is 1.26 bits per heavy atom. The van der Waals surface area contributed by atoms with E-state index in [-0.39, 0.29) is 0 Å². The lowest BCUT2D eigenvalue weighted by atomic mass is 10.0. The summed E-state index contributed by atoms with van der Waals surface area (Å²) in [5.74, 6) is 0.955. The number of aryl methyl sites for hydroxylation is 1. The van der Waals surface area contributed by atoms with Gasteiger partial charge in [-0.1, -0.05) is 24.3 Å². The Hall–Kier alpha value is -0.840. The SMILES string of the molecule is CNC(CSc1ncccc1Br)c1ccccc1C. The molecule has 0 saturated heterocycles. The van der Waals surface area contributed by atoms with Gasteiger partial charge in [0, 0.05) is 22.5 Å². The van der Waals surface area contributed by atoms with Gasteiger partial charge in [-0.25, -0.2) is 4.98 Å². The molecule has 1 atom stereocenters. The molecule has 0 bridgehead atoms. The Morgan fingerprint density at radius 2 is 2.05 bits per heavy atom. The maximum absolute atomic E-state index is 4.39. The van der Waals surface area contributed by atoms with Crippen molar-refractivity contribution in [2.45, 2.75) is 18.0 Å². The van der Waals surface area contributed by atoms with Crippen LogP contribution in [-0.2, 0) is 0 Å². The average Bonchev–Trinajstić information content (AvgIpc) is 2.43. The minimum absolute atomic E-state index is 0.333. The Balaban J connectivity index is 2.09. The van der Waals surface area contributed by atoms with Crippen LogP contribution < -0.4 is 5.32 Å². The minimum Gasteiger partial charge on any atom is -0.312 e. The molecule has 0 saturated carbocycles. The molecule has 0 fully saturated rings. The van der Waals surface area contributed by atoms with E-state index in [0.717, 1.165) is 15.3 Å². The number of thioether (sulfide) groups is 1. The summed E-state index contributed by atoms with van der Waals surface area (Å²) >= 11 is 5.30. The van der Waals surface area contributed by atoms with E-state index in [4.69, 9.17) is 0 Å². The van der Waals surface area contributed by atoms with E-state index in [0.29, 0.717) is 6.04 Å². The first kappa shape index (κ1) is 14.6. The Labute approximate surface area is 127 Å². The van der Waals surface area contributed by atoms with Crippen molar-refractivity contribution in [1.29, 1.82) is 0 Å². The zero-order valence-electron chi connectivity index (χ0n) is 11.1. The van der Waals surface area contributed by atoms with E-state index >= 15 is 0 Å². The number of halogens is 1. The molecule has 0 radical (unpaired) electrons. The van der Waals surface area contributed by atoms with E-state index in [1.54, 1.807) is 11.8 Å². The summed E-state index contributed by atoms with van der Waals surface area (Å²) in [7, 11) is 2.01. The minimum atomic E-state index is 0.333. The predicted molar refractivity (Wildman–Crippen MR) is 85.6 cm³/mol. The van der Waals surface area contributed by atoms with Crippen molar-refractivity contribution in [3.63, 3.8) is 0 Å². The van der Waals surface area contributed by atoms with Gasteiger partial charge < -0.3 is 5.32 Å². The van der Waals surface area contributed by atoms with E-state index < -0.39 is 0 Å². The zero-order chi connectivity index (χ0) is 13.7. The van der Waals surface area contributed by atoms with E-state index in [1.807, 2.05) is 25.4 Å². The molecule has 0 aliphatic carbocycles. The summed E-state index contributed by atoms with van der Waals surface area (Å²) in [6.45, 7) is 2.15. The topological polar surface area (TPSA) is 24.9 Å². The van der Waals surface area contributed by atoms with Crippen LogP contribution in [0.5, 0.6) is 0 Å². The number of aromatic nitrogens is 1. The van der Waals surface area contributed by atoms with Crippen molar-refractivity contribution < 1.29 is 0 Å². The highest BCUT2D eigenvalue weighted by atomic mass is 79.9. The van der Waals surface area contributed by atoms with Crippen molar-refractivity contribution in [3.05, 3.63) is 58.2 Å². The van der Waals surface area contributed by atoms with Crippen molar-refractivity contribution >= 4 is 27.7 Å². The van der Waals surface area contributed by atoms with Crippen LogP contribution in [0.3, 0.4) is 0 Å². The van der Waals surface area contributed by atoms with E-state index in [9.17, 15) is 0 Å². The first-order chi connectivity index (χ1) is 9.22. The first-order valence-corrected chi connectivity index (χ1v) is 7.96. The number of hydrogen-bond donors (Lipinski definition) is 1. The molecule has 1 N–H and O–H groups in total. The maximum atomic E-state index is 4.39. The van der Waals surface area contributed by atoms with Crippen LogP contribution in [0.25, 0.3) is 0 Å². The van der Waals surface area contributed by atoms with Crippen LogP contribution in [0.2, 0.25) is 0 Å². The lowest BCUT2D eigenvalue weighted by Gasteiger charge is -2.18. The number of hydrogen-bond acceptors (Lipinski definition) is 3. The summed E-state index contributed by atoms with van der Waals surface area (Å²) in [6.07, 6.45) is 1.83. The van der Waals surface area contributed by atoms with Crippen molar-refractivity contribution in [2.24, 2.45) is 0 Å². The molecule has 0 amide bonds. The van der Waals surface area contributed by atoms with Crippen molar-refractivity contribution in [2.75, 3.05) is 12.8 Å². The highest BCUT2D eigenvalue weighted by Crippen LogP contribution is 2.29. The fraction of sp³-hybridized carbons (Fsp3) is 0.267. The standard InChI is InChI=1S/C15H17BrN2S/c1-11-6-3-4-7-12(11)14(17-2)10-19-15-13(16)8-5-9-18-15/h3-9,14,17H,10H2,1-2H3. The first-order valence-electron chi connectivity index (χ1n) is 6.18. The molecule has 1 heterocycles. The molecule has 2 rings (SSSR count). The number of pyridine rings is 1. The molecule has 0 spiro atoms. The van der Waals surface area contributed by atoms with E-state index in [2.05, 4.69) is 57.4 Å².